The molecule has 0 aliphatic carbocycles. The number of carbonyl (C=O) groups is 1. The molecule has 1 N–H and O–H groups in total. The van der Waals surface area contributed by atoms with Crippen LogP contribution in [0.25, 0.3) is 16.5 Å². The maximum atomic E-state index is 13.1. The van der Waals surface area contributed by atoms with Crippen LogP contribution < -0.4 is 15.6 Å². The molecule has 0 bridgehead atoms. The summed E-state index contributed by atoms with van der Waals surface area (Å²) in [6.07, 6.45) is 0. The molecule has 4 rings (SSSR count). The standard InChI is InChI=1S/C22H16FN3O3/c1-29-19-9-5-4-8-18(19)26-22(28)17-7-3-2-6-16(17)20(25-26)21(27)24-15-12-10-14(23)11-13-15/h2-13H,1H3,(H,24,27). The van der Waals surface area contributed by atoms with Crippen molar-refractivity contribution in [1.82, 2.24) is 9.78 Å². The molecular formula is C22H16FN3O3. The highest BCUT2D eigenvalue weighted by atomic mass is 19.1. The van der Waals surface area contributed by atoms with Gasteiger partial charge in [-0.1, -0.05) is 30.3 Å². The zero-order valence-corrected chi connectivity index (χ0v) is 15.4. The Bertz CT molecular complexity index is 1270. The number of amides is 1. The number of aromatic nitrogens is 2. The molecule has 7 heteroatoms. The van der Waals surface area contributed by atoms with E-state index in [1.54, 1.807) is 48.5 Å². The van der Waals surface area contributed by atoms with Gasteiger partial charge < -0.3 is 10.1 Å². The summed E-state index contributed by atoms with van der Waals surface area (Å²) in [5.74, 6) is -0.477. The SMILES string of the molecule is COc1ccccc1-n1nc(C(=O)Nc2ccc(F)cc2)c2ccccc2c1=O. The van der Waals surface area contributed by atoms with Gasteiger partial charge in [-0.15, -0.1) is 0 Å². The predicted molar refractivity (Wildman–Crippen MR) is 108 cm³/mol. The summed E-state index contributed by atoms with van der Waals surface area (Å²) in [5, 5.41) is 7.79. The van der Waals surface area contributed by atoms with Gasteiger partial charge >= 0.3 is 0 Å². The van der Waals surface area contributed by atoms with Crippen molar-refractivity contribution < 1.29 is 13.9 Å². The highest BCUT2D eigenvalue weighted by Crippen LogP contribution is 2.22. The van der Waals surface area contributed by atoms with E-state index in [0.717, 1.165) is 4.68 Å². The number of carbonyl (C=O) groups excluding carboxylic acids is 1. The second-order valence-corrected chi connectivity index (χ2v) is 6.24. The average molecular weight is 389 g/mol. The second kappa shape index (κ2) is 7.55. The van der Waals surface area contributed by atoms with Crippen molar-refractivity contribution in [3.05, 3.63) is 94.7 Å². The number of methoxy groups -OCH3 is 1. The molecule has 0 unspecified atom stereocenters. The van der Waals surface area contributed by atoms with Gasteiger partial charge in [0.05, 0.1) is 12.5 Å². The maximum absolute atomic E-state index is 13.1. The second-order valence-electron chi connectivity index (χ2n) is 6.24. The van der Waals surface area contributed by atoms with Gasteiger partial charge in [0, 0.05) is 11.1 Å². The van der Waals surface area contributed by atoms with Crippen LogP contribution >= 0.6 is 0 Å². The molecular weight excluding hydrogens is 373 g/mol. The van der Waals surface area contributed by atoms with Crippen molar-refractivity contribution in [2.24, 2.45) is 0 Å². The quantitative estimate of drug-likeness (QED) is 0.576. The average Bonchev–Trinajstić information content (AvgIpc) is 2.76. The Labute approximate surface area is 165 Å². The molecule has 144 valence electrons. The molecule has 1 heterocycles. The Kier molecular flexibility index (Phi) is 4.78. The van der Waals surface area contributed by atoms with Crippen LogP contribution in [0.15, 0.2) is 77.6 Å². The van der Waals surface area contributed by atoms with Crippen LogP contribution in [0.4, 0.5) is 10.1 Å². The van der Waals surface area contributed by atoms with E-state index in [0.29, 0.717) is 27.9 Å². The first-order chi connectivity index (χ1) is 14.1. The minimum absolute atomic E-state index is 0.0652. The summed E-state index contributed by atoms with van der Waals surface area (Å²) in [5.41, 5.74) is 0.526. The minimum atomic E-state index is -0.517. The number of anilines is 1. The predicted octanol–water partition coefficient (Wildman–Crippen LogP) is 3.79. The summed E-state index contributed by atoms with van der Waals surface area (Å²) in [7, 11) is 1.49. The largest absolute Gasteiger partial charge is 0.494 e. The van der Waals surface area contributed by atoms with E-state index in [1.165, 1.54) is 31.4 Å². The molecule has 3 aromatic carbocycles. The number of benzene rings is 3. The van der Waals surface area contributed by atoms with Gasteiger partial charge in [0.2, 0.25) is 0 Å². The summed E-state index contributed by atoms with van der Waals surface area (Å²) < 4.78 is 19.6. The summed E-state index contributed by atoms with van der Waals surface area (Å²) >= 11 is 0. The number of para-hydroxylation sites is 2. The molecule has 0 fully saturated rings. The fourth-order valence-corrected chi connectivity index (χ4v) is 3.05. The minimum Gasteiger partial charge on any atom is -0.494 e. The van der Waals surface area contributed by atoms with Crippen LogP contribution in [0.5, 0.6) is 5.75 Å². The zero-order valence-electron chi connectivity index (χ0n) is 15.4. The lowest BCUT2D eigenvalue weighted by molar-refractivity contribution is 0.102. The van der Waals surface area contributed by atoms with E-state index in [9.17, 15) is 14.0 Å². The Hall–Kier alpha value is -4.00. The first kappa shape index (κ1) is 18.4. The molecule has 1 amide bonds. The molecule has 29 heavy (non-hydrogen) atoms. The number of ether oxygens (including phenoxy) is 1. The lowest BCUT2D eigenvalue weighted by Gasteiger charge is -2.13. The van der Waals surface area contributed by atoms with Crippen LogP contribution in [0.2, 0.25) is 0 Å². The van der Waals surface area contributed by atoms with Crippen LogP contribution in [-0.4, -0.2) is 22.8 Å². The molecule has 0 atom stereocenters. The van der Waals surface area contributed by atoms with Crippen LogP contribution in [0.1, 0.15) is 10.5 Å². The zero-order chi connectivity index (χ0) is 20.4. The molecule has 6 nitrogen and oxygen atoms in total. The molecule has 4 aromatic rings. The number of nitrogens with one attached hydrogen (secondary N) is 1. The highest BCUT2D eigenvalue weighted by molar-refractivity contribution is 6.11. The van der Waals surface area contributed by atoms with Crippen molar-refractivity contribution in [3.63, 3.8) is 0 Å². The Balaban J connectivity index is 1.89. The fourth-order valence-electron chi connectivity index (χ4n) is 3.05. The van der Waals surface area contributed by atoms with E-state index >= 15 is 0 Å². The summed E-state index contributed by atoms with van der Waals surface area (Å²) in [6, 6.07) is 19.1. The van der Waals surface area contributed by atoms with Gasteiger partial charge in [-0.2, -0.15) is 9.78 Å². The van der Waals surface area contributed by atoms with Gasteiger partial charge in [-0.05, 0) is 42.5 Å². The number of rotatable bonds is 4. The van der Waals surface area contributed by atoms with Crippen LogP contribution in [-0.2, 0) is 0 Å². The van der Waals surface area contributed by atoms with E-state index in [2.05, 4.69) is 10.4 Å². The van der Waals surface area contributed by atoms with E-state index in [-0.39, 0.29) is 11.3 Å². The van der Waals surface area contributed by atoms with E-state index in [1.807, 2.05) is 0 Å². The number of halogens is 1. The fraction of sp³-hybridized carbons (Fsp3) is 0.0455. The lowest BCUT2D eigenvalue weighted by Crippen LogP contribution is -2.26. The normalized spacial score (nSPS) is 10.7. The van der Waals surface area contributed by atoms with Crippen LogP contribution in [0.3, 0.4) is 0 Å². The number of fused-ring (bicyclic) bond motifs is 1. The molecule has 0 saturated carbocycles. The van der Waals surface area contributed by atoms with Gasteiger partial charge in [0.25, 0.3) is 11.5 Å². The Morgan fingerprint density at radius 1 is 0.966 bits per heavy atom. The number of nitrogens with zero attached hydrogens (tertiary/aromatic N) is 2. The third-order valence-corrected chi connectivity index (χ3v) is 4.44. The molecule has 0 aliphatic heterocycles. The van der Waals surface area contributed by atoms with Crippen molar-refractivity contribution in [3.8, 4) is 11.4 Å². The molecule has 0 radical (unpaired) electrons. The number of hydrogen-bond donors (Lipinski definition) is 1. The summed E-state index contributed by atoms with van der Waals surface area (Å²) in [6.45, 7) is 0. The molecule has 1 aromatic heterocycles. The van der Waals surface area contributed by atoms with Gasteiger partial charge in [0.15, 0.2) is 5.69 Å². The molecule has 0 aliphatic rings. The van der Waals surface area contributed by atoms with Crippen molar-refractivity contribution in [1.29, 1.82) is 0 Å². The molecule has 0 saturated heterocycles. The van der Waals surface area contributed by atoms with Crippen molar-refractivity contribution in [2.45, 2.75) is 0 Å². The van der Waals surface area contributed by atoms with Crippen LogP contribution in [0, 0.1) is 5.82 Å². The third-order valence-electron chi connectivity index (χ3n) is 4.44. The van der Waals surface area contributed by atoms with Crippen molar-refractivity contribution in [2.75, 3.05) is 12.4 Å². The Morgan fingerprint density at radius 2 is 1.62 bits per heavy atom. The van der Waals surface area contributed by atoms with Gasteiger partial charge in [0.1, 0.15) is 17.3 Å². The smallest absolute Gasteiger partial charge is 0.279 e. The lowest BCUT2D eigenvalue weighted by atomic mass is 10.1. The first-order valence-corrected chi connectivity index (χ1v) is 8.81. The first-order valence-electron chi connectivity index (χ1n) is 8.81. The van der Waals surface area contributed by atoms with Gasteiger partial charge in [-0.25, -0.2) is 4.39 Å². The highest BCUT2D eigenvalue weighted by Gasteiger charge is 2.19. The van der Waals surface area contributed by atoms with E-state index < -0.39 is 11.7 Å². The monoisotopic (exact) mass is 389 g/mol. The van der Waals surface area contributed by atoms with Gasteiger partial charge in [-0.3, -0.25) is 9.59 Å². The van der Waals surface area contributed by atoms with E-state index in [4.69, 9.17) is 4.74 Å². The maximum Gasteiger partial charge on any atom is 0.279 e. The topological polar surface area (TPSA) is 73.2 Å². The Morgan fingerprint density at radius 3 is 2.34 bits per heavy atom. The number of hydrogen-bond acceptors (Lipinski definition) is 4. The van der Waals surface area contributed by atoms with Crippen molar-refractivity contribution >= 4 is 22.4 Å². The molecule has 0 spiro atoms. The third kappa shape index (κ3) is 3.45. The summed E-state index contributed by atoms with van der Waals surface area (Å²) in [4.78, 5) is 26.0.